The summed E-state index contributed by atoms with van der Waals surface area (Å²) in [5.74, 6) is 0.352. The molecule has 0 unspecified atom stereocenters. The predicted octanol–water partition coefficient (Wildman–Crippen LogP) is 1.24. The van der Waals surface area contributed by atoms with E-state index >= 15 is 0 Å². The average molecular weight is 283 g/mol. The molecule has 0 saturated heterocycles. The summed E-state index contributed by atoms with van der Waals surface area (Å²) >= 11 is 0. The number of benzene rings is 1. The molecular weight excluding hydrogens is 268 g/mol. The van der Waals surface area contributed by atoms with E-state index in [4.69, 9.17) is 5.73 Å². The van der Waals surface area contributed by atoms with Crippen molar-refractivity contribution in [3.8, 4) is 11.4 Å². The van der Waals surface area contributed by atoms with Crippen LogP contribution < -0.4 is 11.1 Å². The molecular formula is C12H15ClN4O2. The molecule has 1 aromatic carbocycles. The SMILES string of the molecule is C[C@@H](CN)NC(=O)c1ccc(-c2ncon2)cc1.Cl. The number of nitrogens with two attached hydrogens (primary N) is 1. The highest BCUT2D eigenvalue weighted by Crippen LogP contribution is 2.14. The first-order valence-corrected chi connectivity index (χ1v) is 5.58. The smallest absolute Gasteiger partial charge is 0.251 e. The number of halogens is 1. The Kier molecular flexibility index (Phi) is 5.47. The molecule has 0 saturated carbocycles. The number of carbonyl (C=O) groups is 1. The van der Waals surface area contributed by atoms with Gasteiger partial charge >= 0.3 is 0 Å². The summed E-state index contributed by atoms with van der Waals surface area (Å²) in [6, 6.07) is 6.92. The highest BCUT2D eigenvalue weighted by atomic mass is 35.5. The lowest BCUT2D eigenvalue weighted by atomic mass is 10.1. The van der Waals surface area contributed by atoms with Crippen LogP contribution in [0.4, 0.5) is 0 Å². The Hall–Kier alpha value is -1.92. The fourth-order valence-corrected chi connectivity index (χ4v) is 1.43. The van der Waals surface area contributed by atoms with Crippen molar-refractivity contribution in [3.63, 3.8) is 0 Å². The zero-order valence-electron chi connectivity index (χ0n) is 10.4. The van der Waals surface area contributed by atoms with Gasteiger partial charge < -0.3 is 15.6 Å². The van der Waals surface area contributed by atoms with E-state index in [2.05, 4.69) is 20.0 Å². The second-order valence-electron chi connectivity index (χ2n) is 3.94. The third-order valence-electron chi connectivity index (χ3n) is 2.50. The van der Waals surface area contributed by atoms with Crippen LogP contribution in [0.1, 0.15) is 17.3 Å². The van der Waals surface area contributed by atoms with Gasteiger partial charge in [-0.1, -0.05) is 17.3 Å². The Morgan fingerprint density at radius 1 is 1.42 bits per heavy atom. The molecule has 0 bridgehead atoms. The van der Waals surface area contributed by atoms with Crippen LogP contribution in [0.3, 0.4) is 0 Å². The first-order valence-electron chi connectivity index (χ1n) is 5.58. The van der Waals surface area contributed by atoms with Crippen LogP contribution in [-0.2, 0) is 0 Å². The van der Waals surface area contributed by atoms with Crippen LogP contribution in [-0.4, -0.2) is 28.6 Å². The average Bonchev–Trinajstić information content (AvgIpc) is 2.92. The van der Waals surface area contributed by atoms with Crippen molar-refractivity contribution in [3.05, 3.63) is 36.2 Å². The number of amides is 1. The van der Waals surface area contributed by atoms with Gasteiger partial charge in [-0.25, -0.2) is 0 Å². The Balaban J connectivity index is 0.00000180. The monoisotopic (exact) mass is 282 g/mol. The number of carbonyl (C=O) groups excluding carboxylic acids is 1. The molecule has 0 fully saturated rings. The Morgan fingerprint density at radius 2 is 2.11 bits per heavy atom. The zero-order chi connectivity index (χ0) is 13.0. The van der Waals surface area contributed by atoms with Gasteiger partial charge in [0.05, 0.1) is 0 Å². The minimum absolute atomic E-state index is 0. The van der Waals surface area contributed by atoms with Crippen LogP contribution in [0.2, 0.25) is 0 Å². The predicted molar refractivity (Wildman–Crippen MR) is 73.0 cm³/mol. The normalized spacial score (nSPS) is 11.5. The second-order valence-corrected chi connectivity index (χ2v) is 3.94. The fourth-order valence-electron chi connectivity index (χ4n) is 1.43. The molecule has 1 aromatic heterocycles. The first-order chi connectivity index (χ1) is 8.70. The molecule has 0 spiro atoms. The lowest BCUT2D eigenvalue weighted by molar-refractivity contribution is 0.0941. The molecule has 7 heteroatoms. The molecule has 19 heavy (non-hydrogen) atoms. The molecule has 6 nitrogen and oxygen atoms in total. The van der Waals surface area contributed by atoms with Gasteiger partial charge in [-0.15, -0.1) is 12.4 Å². The van der Waals surface area contributed by atoms with Gasteiger partial charge in [-0.05, 0) is 19.1 Å². The molecule has 1 heterocycles. The lowest BCUT2D eigenvalue weighted by Crippen LogP contribution is -2.37. The Labute approximate surface area is 116 Å². The summed E-state index contributed by atoms with van der Waals surface area (Å²) in [5.41, 5.74) is 6.82. The maximum Gasteiger partial charge on any atom is 0.251 e. The molecule has 2 aromatic rings. The van der Waals surface area contributed by atoms with Crippen molar-refractivity contribution in [1.82, 2.24) is 15.5 Å². The van der Waals surface area contributed by atoms with E-state index < -0.39 is 0 Å². The van der Waals surface area contributed by atoms with E-state index in [1.54, 1.807) is 24.3 Å². The summed E-state index contributed by atoms with van der Waals surface area (Å²) in [4.78, 5) is 15.7. The number of hydrogen-bond acceptors (Lipinski definition) is 5. The molecule has 3 N–H and O–H groups in total. The number of nitrogens with one attached hydrogen (secondary N) is 1. The minimum Gasteiger partial charge on any atom is -0.348 e. The van der Waals surface area contributed by atoms with Crippen LogP contribution in [0, 0.1) is 0 Å². The molecule has 0 radical (unpaired) electrons. The van der Waals surface area contributed by atoms with Crippen LogP contribution in [0.5, 0.6) is 0 Å². The summed E-state index contributed by atoms with van der Waals surface area (Å²) in [7, 11) is 0. The first kappa shape index (κ1) is 15.1. The summed E-state index contributed by atoms with van der Waals surface area (Å²) in [6.07, 6.45) is 1.26. The maximum absolute atomic E-state index is 11.8. The van der Waals surface area contributed by atoms with E-state index in [-0.39, 0.29) is 24.4 Å². The molecule has 1 atom stereocenters. The fraction of sp³-hybridized carbons (Fsp3) is 0.250. The quantitative estimate of drug-likeness (QED) is 0.880. The van der Waals surface area contributed by atoms with Crippen LogP contribution in [0.15, 0.2) is 35.2 Å². The van der Waals surface area contributed by atoms with Gasteiger partial charge in [-0.3, -0.25) is 4.79 Å². The summed E-state index contributed by atoms with van der Waals surface area (Å²) in [5, 5.41) is 6.51. The van der Waals surface area contributed by atoms with Crippen molar-refractivity contribution >= 4 is 18.3 Å². The number of rotatable bonds is 4. The molecule has 1 amide bonds. The Bertz CT molecular complexity index is 513. The maximum atomic E-state index is 11.8. The largest absolute Gasteiger partial charge is 0.348 e. The van der Waals surface area contributed by atoms with Crippen molar-refractivity contribution in [2.75, 3.05) is 6.54 Å². The number of aromatic nitrogens is 2. The molecule has 102 valence electrons. The highest BCUT2D eigenvalue weighted by Gasteiger charge is 2.09. The van der Waals surface area contributed by atoms with Crippen molar-refractivity contribution in [2.45, 2.75) is 13.0 Å². The summed E-state index contributed by atoms with van der Waals surface area (Å²) < 4.78 is 4.66. The van der Waals surface area contributed by atoms with Gasteiger partial charge in [0.1, 0.15) is 0 Å². The van der Waals surface area contributed by atoms with E-state index in [0.717, 1.165) is 5.56 Å². The van der Waals surface area contributed by atoms with Gasteiger partial charge in [0, 0.05) is 23.7 Å². The molecule has 0 aliphatic carbocycles. The van der Waals surface area contributed by atoms with E-state index in [9.17, 15) is 4.79 Å². The minimum atomic E-state index is -0.146. The lowest BCUT2D eigenvalue weighted by Gasteiger charge is -2.11. The van der Waals surface area contributed by atoms with Crippen molar-refractivity contribution < 1.29 is 9.32 Å². The van der Waals surface area contributed by atoms with Gasteiger partial charge in [0.25, 0.3) is 5.91 Å². The van der Waals surface area contributed by atoms with Gasteiger partial charge in [0.15, 0.2) is 0 Å². The van der Waals surface area contributed by atoms with E-state index in [0.29, 0.717) is 17.9 Å². The van der Waals surface area contributed by atoms with Crippen LogP contribution >= 0.6 is 12.4 Å². The molecule has 2 rings (SSSR count). The van der Waals surface area contributed by atoms with Crippen molar-refractivity contribution in [2.24, 2.45) is 5.73 Å². The topological polar surface area (TPSA) is 94.0 Å². The van der Waals surface area contributed by atoms with Crippen molar-refractivity contribution in [1.29, 1.82) is 0 Å². The van der Waals surface area contributed by atoms with Crippen LogP contribution in [0.25, 0.3) is 11.4 Å². The van der Waals surface area contributed by atoms with E-state index in [1.807, 2.05) is 6.92 Å². The second kappa shape index (κ2) is 6.86. The third-order valence-corrected chi connectivity index (χ3v) is 2.50. The third kappa shape index (κ3) is 3.77. The summed E-state index contributed by atoms with van der Waals surface area (Å²) in [6.45, 7) is 2.26. The number of hydrogen-bond donors (Lipinski definition) is 2. The molecule has 0 aliphatic rings. The molecule has 0 aliphatic heterocycles. The Morgan fingerprint density at radius 3 is 2.63 bits per heavy atom. The van der Waals surface area contributed by atoms with Gasteiger partial charge in [-0.2, -0.15) is 4.98 Å². The van der Waals surface area contributed by atoms with Gasteiger partial charge in [0.2, 0.25) is 12.2 Å². The standard InChI is InChI=1S/C12H14N4O2.ClH/c1-8(6-13)15-12(17)10-4-2-9(3-5-10)11-14-7-18-16-11;/h2-5,7-8H,6,13H2,1H3,(H,15,17);1H/t8-;/m0./s1. The zero-order valence-corrected chi connectivity index (χ0v) is 11.2. The highest BCUT2D eigenvalue weighted by molar-refractivity contribution is 5.94. The van der Waals surface area contributed by atoms with E-state index in [1.165, 1.54) is 6.39 Å². The number of nitrogens with zero attached hydrogens (tertiary/aromatic N) is 2.